The minimum Gasteiger partial charge on any atom is -1.00 e. The zero-order chi connectivity index (χ0) is 11.3. The Morgan fingerprint density at radius 2 is 1.76 bits per heavy atom. The monoisotopic (exact) mass is 283 g/mol. The maximum atomic E-state index is 11.9. The Morgan fingerprint density at radius 3 is 2.18 bits per heavy atom. The molecule has 17 heavy (non-hydrogen) atoms. The van der Waals surface area contributed by atoms with Crippen molar-refractivity contribution in [2.24, 2.45) is 0 Å². The van der Waals surface area contributed by atoms with Crippen LogP contribution in [0.15, 0.2) is 0 Å². The van der Waals surface area contributed by atoms with Gasteiger partial charge in [0.1, 0.15) is 11.7 Å². The zero-order valence-electron chi connectivity index (χ0n) is 11.1. The molecule has 104 valence electrons. The van der Waals surface area contributed by atoms with Crippen LogP contribution in [0, 0.1) is 0 Å². The molecule has 1 rings (SSSR count). The molecule has 0 aromatic rings. The molecule has 1 amide bonds. The summed E-state index contributed by atoms with van der Waals surface area (Å²) in [6, 6.07) is 0. The molecule has 0 saturated carbocycles. The van der Waals surface area contributed by atoms with Gasteiger partial charge < -0.3 is 24.8 Å². The fourth-order valence-electron chi connectivity index (χ4n) is 2.38. The lowest BCUT2D eigenvalue weighted by Crippen LogP contribution is -3.00. The van der Waals surface area contributed by atoms with Gasteiger partial charge in [-0.3, -0.25) is 5.32 Å². The molecule has 3 nitrogen and oxygen atoms in total. The van der Waals surface area contributed by atoms with E-state index in [0.29, 0.717) is 12.1 Å². The molecule has 5 heteroatoms. The number of nitrogens with one attached hydrogen (secondary N) is 1. The van der Waals surface area contributed by atoms with Gasteiger partial charge in [-0.05, 0) is 19.3 Å². The van der Waals surface area contributed by atoms with E-state index in [-0.39, 0.29) is 30.4 Å². The second-order valence-electron chi connectivity index (χ2n) is 4.57. The van der Waals surface area contributed by atoms with Gasteiger partial charge in [0.05, 0.1) is 0 Å². The fourth-order valence-corrected chi connectivity index (χ4v) is 2.38. The summed E-state index contributed by atoms with van der Waals surface area (Å²) < 4.78 is 0. The highest BCUT2D eigenvalue weighted by molar-refractivity contribution is 5.79. The van der Waals surface area contributed by atoms with E-state index < -0.39 is 0 Å². The van der Waals surface area contributed by atoms with Crippen LogP contribution in [0.1, 0.15) is 59.3 Å². The van der Waals surface area contributed by atoms with Gasteiger partial charge >= 0.3 is 5.91 Å². The molecular formula is C12H25Cl2N2O-. The van der Waals surface area contributed by atoms with Crippen LogP contribution < -0.4 is 35.4 Å². The quantitative estimate of drug-likeness (QED) is 0.481. The number of carbonyl (C=O) groups excluding carboxylic acids is 1. The number of hydrogen-bond donors (Lipinski definition) is 2. The average Bonchev–Trinajstić information content (AvgIpc) is 2.56. The smallest absolute Gasteiger partial charge is 0.332 e. The highest BCUT2D eigenvalue weighted by Gasteiger charge is 2.47. The lowest BCUT2D eigenvalue weighted by atomic mass is 9.93. The number of primary amides is 1. The summed E-state index contributed by atoms with van der Waals surface area (Å²) in [6.07, 6.45) is 6.98. The number of nitrogens with two attached hydrogens (primary N) is 1. The lowest BCUT2D eigenvalue weighted by Gasteiger charge is -2.20. The first kappa shape index (κ1) is 19.5. The number of rotatable bonds is 6. The number of unbranched alkanes of at least 4 members (excludes halogenated alkanes) is 2. The predicted molar refractivity (Wildman–Crippen MR) is 61.3 cm³/mol. The molecule has 1 heterocycles. The van der Waals surface area contributed by atoms with Gasteiger partial charge in [0.25, 0.3) is 0 Å². The third-order valence-corrected chi connectivity index (χ3v) is 3.61. The maximum Gasteiger partial charge on any atom is 0.332 e. The molecule has 0 aromatic heterocycles. The van der Waals surface area contributed by atoms with Crippen molar-refractivity contribution in [1.29, 1.82) is 0 Å². The molecule has 0 aromatic carbocycles. The normalized spacial score (nSPS) is 21.8. The lowest BCUT2D eigenvalue weighted by molar-refractivity contribution is -0.596. The maximum absolute atomic E-state index is 11.9. The van der Waals surface area contributed by atoms with E-state index >= 15 is 0 Å². The summed E-state index contributed by atoms with van der Waals surface area (Å²) in [6.45, 7) is 6.40. The van der Waals surface area contributed by atoms with Crippen LogP contribution in [0.25, 0.3) is 0 Å². The van der Waals surface area contributed by atoms with Crippen molar-refractivity contribution in [3.05, 3.63) is 0 Å². The number of carbonyl (C=O) groups is 1. The standard InChI is InChI=1S/C12H24N2O.2ClH/c1-4-7-8-9-10-13-11(15)12(5-2,6-3)14-10;;/h10,14H,4-9H2,1-3H3,(H,13,15);2*1H/p-1. The molecule has 1 unspecified atom stereocenters. The van der Waals surface area contributed by atoms with E-state index in [9.17, 15) is 4.79 Å². The second kappa shape index (κ2) is 9.15. The first-order chi connectivity index (χ1) is 7.18. The summed E-state index contributed by atoms with van der Waals surface area (Å²) in [5.74, 6) is 0.314. The Hall–Kier alpha value is 0.170. The largest absolute Gasteiger partial charge is 1.00 e. The topological polar surface area (TPSA) is 45.7 Å². The van der Waals surface area contributed by atoms with Gasteiger partial charge in [0, 0.05) is 6.42 Å². The highest BCUT2D eigenvalue weighted by Crippen LogP contribution is 2.18. The SMILES string of the molecule is CCCCCC1NC(CC)(CC)C(=O)[NH2+]1.[Cl-].[Cl-]. The number of hydrogen-bond acceptors (Lipinski definition) is 2. The van der Waals surface area contributed by atoms with Crippen molar-refractivity contribution in [3.63, 3.8) is 0 Å². The Labute approximate surface area is 117 Å². The summed E-state index contributed by atoms with van der Waals surface area (Å²) in [5.41, 5.74) is -0.239. The molecule has 1 aliphatic heterocycles. The van der Waals surface area contributed by atoms with Crippen LogP contribution in [-0.4, -0.2) is 17.6 Å². The second-order valence-corrected chi connectivity index (χ2v) is 4.57. The summed E-state index contributed by atoms with van der Waals surface area (Å²) in [5, 5.41) is 5.41. The molecule has 1 saturated heterocycles. The third kappa shape index (κ3) is 4.74. The van der Waals surface area contributed by atoms with Crippen LogP contribution in [0.5, 0.6) is 0 Å². The minimum absolute atomic E-state index is 0. The van der Waals surface area contributed by atoms with E-state index in [4.69, 9.17) is 0 Å². The van der Waals surface area contributed by atoms with Crippen LogP contribution in [0.4, 0.5) is 0 Å². The molecule has 1 atom stereocenters. The predicted octanol–water partition coefficient (Wildman–Crippen LogP) is -4.85. The van der Waals surface area contributed by atoms with Crippen molar-refractivity contribution in [3.8, 4) is 0 Å². The van der Waals surface area contributed by atoms with Crippen molar-refractivity contribution in [2.45, 2.75) is 71.0 Å². The highest BCUT2D eigenvalue weighted by atomic mass is 35.5. The van der Waals surface area contributed by atoms with Gasteiger partial charge in [0.15, 0.2) is 0 Å². The first-order valence-corrected chi connectivity index (χ1v) is 6.35. The van der Waals surface area contributed by atoms with Gasteiger partial charge in [-0.25, -0.2) is 10.1 Å². The first-order valence-electron chi connectivity index (χ1n) is 6.35. The van der Waals surface area contributed by atoms with Crippen LogP contribution in [0.2, 0.25) is 0 Å². The molecule has 1 fully saturated rings. The van der Waals surface area contributed by atoms with Gasteiger partial charge in [-0.2, -0.15) is 0 Å². The summed E-state index contributed by atoms with van der Waals surface area (Å²) in [7, 11) is 0. The molecule has 0 spiro atoms. The van der Waals surface area contributed by atoms with E-state index in [1.54, 1.807) is 0 Å². The van der Waals surface area contributed by atoms with Gasteiger partial charge in [-0.1, -0.05) is 33.6 Å². The third-order valence-electron chi connectivity index (χ3n) is 3.61. The molecule has 0 bridgehead atoms. The Bertz CT molecular complexity index is 221. The Morgan fingerprint density at radius 1 is 1.18 bits per heavy atom. The fraction of sp³-hybridized carbons (Fsp3) is 0.917. The van der Waals surface area contributed by atoms with Crippen LogP contribution in [-0.2, 0) is 4.79 Å². The molecule has 3 N–H and O–H groups in total. The van der Waals surface area contributed by atoms with Crippen LogP contribution in [0.3, 0.4) is 0 Å². The van der Waals surface area contributed by atoms with Crippen molar-refractivity contribution >= 4 is 5.91 Å². The number of amides is 1. The van der Waals surface area contributed by atoms with Crippen molar-refractivity contribution in [2.75, 3.05) is 0 Å². The minimum atomic E-state index is -0.239. The van der Waals surface area contributed by atoms with E-state index in [1.807, 2.05) is 5.32 Å². The van der Waals surface area contributed by atoms with E-state index in [0.717, 1.165) is 19.3 Å². The molecule has 1 aliphatic rings. The number of quaternary nitrogens is 1. The zero-order valence-corrected chi connectivity index (χ0v) is 12.6. The van der Waals surface area contributed by atoms with Gasteiger partial charge in [-0.15, -0.1) is 0 Å². The average molecular weight is 284 g/mol. The van der Waals surface area contributed by atoms with Crippen LogP contribution >= 0.6 is 0 Å². The Kier molecular flexibility index (Phi) is 10.5. The number of halogens is 2. The Balaban J connectivity index is 0. The summed E-state index contributed by atoms with van der Waals surface area (Å²) in [4.78, 5) is 11.9. The summed E-state index contributed by atoms with van der Waals surface area (Å²) >= 11 is 0. The van der Waals surface area contributed by atoms with E-state index in [2.05, 4.69) is 26.1 Å². The molecule has 0 aliphatic carbocycles. The molecular weight excluding hydrogens is 259 g/mol. The molecule has 0 radical (unpaired) electrons. The van der Waals surface area contributed by atoms with Gasteiger partial charge in [0.2, 0.25) is 0 Å². The van der Waals surface area contributed by atoms with Crippen molar-refractivity contribution in [1.82, 2.24) is 5.32 Å². The van der Waals surface area contributed by atoms with Crippen molar-refractivity contribution < 1.29 is 34.9 Å². The van der Waals surface area contributed by atoms with E-state index in [1.165, 1.54) is 19.3 Å².